The van der Waals surface area contributed by atoms with Crippen LogP contribution in [-0.4, -0.2) is 16.6 Å². The van der Waals surface area contributed by atoms with Crippen LogP contribution in [-0.2, 0) is 4.79 Å². The molecule has 0 aromatic carbocycles. The molecule has 1 saturated carbocycles. The van der Waals surface area contributed by atoms with Gasteiger partial charge in [-0.05, 0) is 11.8 Å². The SMILES string of the molecule is C[C@@H]1[C@@H](C)C1(N)C(=O)O. The molecule has 0 spiro atoms. The van der Waals surface area contributed by atoms with E-state index in [1.807, 2.05) is 13.8 Å². The van der Waals surface area contributed by atoms with Crippen molar-refractivity contribution in [1.29, 1.82) is 0 Å². The van der Waals surface area contributed by atoms with Gasteiger partial charge in [-0.25, -0.2) is 0 Å². The third kappa shape index (κ3) is 0.580. The van der Waals surface area contributed by atoms with Crippen molar-refractivity contribution >= 4 is 5.97 Å². The molecule has 1 fully saturated rings. The van der Waals surface area contributed by atoms with E-state index in [0.29, 0.717) is 0 Å². The molecule has 2 atom stereocenters. The topological polar surface area (TPSA) is 63.3 Å². The minimum atomic E-state index is -0.917. The molecule has 0 radical (unpaired) electrons. The van der Waals surface area contributed by atoms with Gasteiger partial charge in [-0.3, -0.25) is 4.79 Å². The number of rotatable bonds is 1. The summed E-state index contributed by atoms with van der Waals surface area (Å²) >= 11 is 0. The summed E-state index contributed by atoms with van der Waals surface area (Å²) < 4.78 is 0. The largest absolute Gasteiger partial charge is 0.480 e. The molecule has 1 rings (SSSR count). The normalized spacial score (nSPS) is 48.8. The molecule has 0 bridgehead atoms. The van der Waals surface area contributed by atoms with Gasteiger partial charge in [-0.1, -0.05) is 13.8 Å². The lowest BCUT2D eigenvalue weighted by Crippen LogP contribution is -2.36. The maximum Gasteiger partial charge on any atom is 0.324 e. The maximum absolute atomic E-state index is 10.4. The molecular weight excluding hydrogens is 118 g/mol. The van der Waals surface area contributed by atoms with Crippen LogP contribution in [0.2, 0.25) is 0 Å². The van der Waals surface area contributed by atoms with Gasteiger partial charge in [0.15, 0.2) is 0 Å². The molecule has 52 valence electrons. The quantitative estimate of drug-likeness (QED) is 0.526. The monoisotopic (exact) mass is 129 g/mol. The van der Waals surface area contributed by atoms with Gasteiger partial charge in [0, 0.05) is 0 Å². The zero-order valence-corrected chi connectivity index (χ0v) is 5.59. The lowest BCUT2D eigenvalue weighted by molar-refractivity contribution is -0.140. The van der Waals surface area contributed by atoms with Gasteiger partial charge >= 0.3 is 5.97 Å². The number of aliphatic carboxylic acids is 1. The Balaban J connectivity index is 2.71. The highest BCUT2D eigenvalue weighted by Crippen LogP contribution is 2.47. The first-order chi connectivity index (χ1) is 4.01. The smallest absolute Gasteiger partial charge is 0.324 e. The fourth-order valence-corrected chi connectivity index (χ4v) is 1.20. The van der Waals surface area contributed by atoms with Gasteiger partial charge < -0.3 is 10.8 Å². The molecule has 0 heterocycles. The number of nitrogens with two attached hydrogens (primary N) is 1. The minimum absolute atomic E-state index is 0.134. The average Bonchev–Trinajstić information content (AvgIpc) is 2.22. The second kappa shape index (κ2) is 1.48. The van der Waals surface area contributed by atoms with Crippen LogP contribution in [0, 0.1) is 11.8 Å². The van der Waals surface area contributed by atoms with Crippen molar-refractivity contribution in [2.45, 2.75) is 19.4 Å². The van der Waals surface area contributed by atoms with Crippen LogP contribution in [0.15, 0.2) is 0 Å². The van der Waals surface area contributed by atoms with Gasteiger partial charge in [-0.15, -0.1) is 0 Å². The lowest BCUT2D eigenvalue weighted by atomic mass is 10.2. The van der Waals surface area contributed by atoms with Crippen molar-refractivity contribution in [3.63, 3.8) is 0 Å². The number of hydrogen-bond donors (Lipinski definition) is 2. The Morgan fingerprint density at radius 2 is 1.89 bits per heavy atom. The zero-order valence-electron chi connectivity index (χ0n) is 5.59. The van der Waals surface area contributed by atoms with E-state index >= 15 is 0 Å². The minimum Gasteiger partial charge on any atom is -0.480 e. The van der Waals surface area contributed by atoms with E-state index < -0.39 is 11.5 Å². The summed E-state index contributed by atoms with van der Waals surface area (Å²) in [5.41, 5.74) is 4.56. The fraction of sp³-hybridized carbons (Fsp3) is 0.833. The van der Waals surface area contributed by atoms with Crippen LogP contribution in [0.25, 0.3) is 0 Å². The Hall–Kier alpha value is -0.570. The van der Waals surface area contributed by atoms with Gasteiger partial charge in [0.25, 0.3) is 0 Å². The highest BCUT2D eigenvalue weighted by Gasteiger charge is 2.62. The lowest BCUT2D eigenvalue weighted by Gasteiger charge is -2.00. The number of carbonyl (C=O) groups is 1. The number of hydrogen-bond acceptors (Lipinski definition) is 2. The first-order valence-corrected chi connectivity index (χ1v) is 3.03. The molecule has 0 aliphatic heterocycles. The van der Waals surface area contributed by atoms with E-state index in [4.69, 9.17) is 10.8 Å². The predicted octanol–water partition coefficient (Wildman–Crippen LogP) is 0.0543. The van der Waals surface area contributed by atoms with Crippen LogP contribution < -0.4 is 5.73 Å². The van der Waals surface area contributed by atoms with Gasteiger partial charge in [-0.2, -0.15) is 0 Å². The third-order valence-electron chi connectivity index (χ3n) is 2.52. The Morgan fingerprint density at radius 3 is 1.89 bits per heavy atom. The molecule has 3 N–H and O–H groups in total. The van der Waals surface area contributed by atoms with Crippen LogP contribution in [0.1, 0.15) is 13.8 Å². The first kappa shape index (κ1) is 6.55. The van der Waals surface area contributed by atoms with E-state index in [1.165, 1.54) is 0 Å². The second-order valence-electron chi connectivity index (χ2n) is 2.82. The summed E-state index contributed by atoms with van der Waals surface area (Å²) in [6, 6.07) is 0. The van der Waals surface area contributed by atoms with Crippen molar-refractivity contribution < 1.29 is 9.90 Å². The Bertz CT molecular complexity index is 147. The summed E-state index contributed by atoms with van der Waals surface area (Å²) in [5, 5.41) is 8.53. The van der Waals surface area contributed by atoms with Gasteiger partial charge in [0.2, 0.25) is 0 Å². The Kier molecular flexibility index (Phi) is 1.07. The first-order valence-electron chi connectivity index (χ1n) is 3.03. The Labute approximate surface area is 53.9 Å². The summed E-state index contributed by atoms with van der Waals surface area (Å²) in [7, 11) is 0. The van der Waals surface area contributed by atoms with E-state index in [0.717, 1.165) is 0 Å². The molecule has 3 nitrogen and oxygen atoms in total. The van der Waals surface area contributed by atoms with E-state index in [1.54, 1.807) is 0 Å². The van der Waals surface area contributed by atoms with Crippen molar-refractivity contribution in [2.75, 3.05) is 0 Å². The summed E-state index contributed by atoms with van der Waals surface area (Å²) in [6.45, 7) is 3.72. The van der Waals surface area contributed by atoms with Crippen LogP contribution in [0.3, 0.4) is 0 Å². The molecule has 0 saturated heterocycles. The van der Waals surface area contributed by atoms with Crippen molar-refractivity contribution in [3.05, 3.63) is 0 Å². The number of carboxylic acid groups (broad SMARTS) is 1. The highest BCUT2D eigenvalue weighted by molar-refractivity contribution is 5.83. The van der Waals surface area contributed by atoms with Crippen LogP contribution >= 0.6 is 0 Å². The number of carboxylic acids is 1. The molecule has 0 aromatic rings. The van der Waals surface area contributed by atoms with E-state index in [9.17, 15) is 4.79 Å². The van der Waals surface area contributed by atoms with Crippen molar-refractivity contribution in [3.8, 4) is 0 Å². The van der Waals surface area contributed by atoms with Gasteiger partial charge in [0.05, 0.1) is 0 Å². The molecule has 1 aliphatic rings. The van der Waals surface area contributed by atoms with E-state index in [-0.39, 0.29) is 11.8 Å². The van der Waals surface area contributed by atoms with Crippen molar-refractivity contribution in [1.82, 2.24) is 0 Å². The maximum atomic E-state index is 10.4. The summed E-state index contributed by atoms with van der Waals surface area (Å²) in [5.74, 6) is -0.604. The Morgan fingerprint density at radius 1 is 1.56 bits per heavy atom. The molecule has 3 heteroatoms. The molecule has 9 heavy (non-hydrogen) atoms. The third-order valence-corrected chi connectivity index (χ3v) is 2.52. The molecule has 0 unspecified atom stereocenters. The summed E-state index contributed by atoms with van der Waals surface area (Å²) in [6.07, 6.45) is 0. The predicted molar refractivity (Wildman–Crippen MR) is 32.9 cm³/mol. The molecule has 1 aliphatic carbocycles. The van der Waals surface area contributed by atoms with E-state index in [2.05, 4.69) is 0 Å². The summed E-state index contributed by atoms with van der Waals surface area (Å²) in [4.78, 5) is 10.4. The van der Waals surface area contributed by atoms with Gasteiger partial charge in [0.1, 0.15) is 5.54 Å². The molecule has 0 amide bonds. The second-order valence-corrected chi connectivity index (χ2v) is 2.82. The zero-order chi connectivity index (χ0) is 7.23. The standard InChI is InChI=1S/C6H11NO2/c1-3-4(2)6(3,7)5(8)9/h3-4H,7H2,1-2H3,(H,8,9)/t3-,4-/m1/s1. The fourth-order valence-electron chi connectivity index (χ4n) is 1.20. The van der Waals surface area contributed by atoms with Crippen molar-refractivity contribution in [2.24, 2.45) is 17.6 Å². The van der Waals surface area contributed by atoms with Crippen LogP contribution in [0.5, 0.6) is 0 Å². The molecular formula is C6H11NO2. The molecule has 0 aromatic heterocycles. The van der Waals surface area contributed by atoms with Crippen LogP contribution in [0.4, 0.5) is 0 Å². The average molecular weight is 129 g/mol. The highest BCUT2D eigenvalue weighted by atomic mass is 16.4.